The van der Waals surface area contributed by atoms with Crippen molar-refractivity contribution in [2.45, 2.75) is 18.9 Å². The Balaban J connectivity index is 1.45. The molecule has 6 rings (SSSR count). The molecule has 0 spiro atoms. The molecular weight excluding hydrogens is 368 g/mol. The zero-order valence-corrected chi connectivity index (χ0v) is 15.9. The number of carboxylic acids is 1. The third kappa shape index (κ3) is 3.29. The SMILES string of the molecule is O=C(O)c1cccc(-c2cccc3cc(C(=O)N[C@H]4CN5CCC4CC5)oc23)c1. The van der Waals surface area contributed by atoms with Gasteiger partial charge in [-0.15, -0.1) is 0 Å². The molecule has 0 aliphatic carbocycles. The van der Waals surface area contributed by atoms with Crippen LogP contribution >= 0.6 is 0 Å². The maximum Gasteiger partial charge on any atom is 0.335 e. The maximum absolute atomic E-state index is 12.8. The van der Waals surface area contributed by atoms with Gasteiger partial charge in [0.1, 0.15) is 5.58 Å². The summed E-state index contributed by atoms with van der Waals surface area (Å²) in [6.45, 7) is 3.16. The number of aromatic carboxylic acids is 1. The number of para-hydroxylation sites is 1. The van der Waals surface area contributed by atoms with Crippen LogP contribution in [0.1, 0.15) is 33.8 Å². The van der Waals surface area contributed by atoms with Gasteiger partial charge in [-0.2, -0.15) is 0 Å². The third-order valence-electron chi connectivity index (χ3n) is 6.16. The number of rotatable bonds is 4. The minimum atomic E-state index is -0.976. The summed E-state index contributed by atoms with van der Waals surface area (Å²) in [5.74, 6) is -0.331. The molecule has 3 aromatic rings. The Morgan fingerprint density at radius 1 is 1.07 bits per heavy atom. The van der Waals surface area contributed by atoms with Crippen LogP contribution in [0.15, 0.2) is 52.9 Å². The fourth-order valence-corrected chi connectivity index (χ4v) is 4.59. The molecule has 1 aromatic heterocycles. The molecule has 3 fully saturated rings. The van der Waals surface area contributed by atoms with Crippen LogP contribution in [0.3, 0.4) is 0 Å². The van der Waals surface area contributed by atoms with E-state index in [1.165, 1.54) is 0 Å². The van der Waals surface area contributed by atoms with E-state index >= 15 is 0 Å². The second kappa shape index (κ2) is 7.04. The van der Waals surface area contributed by atoms with E-state index in [0.29, 0.717) is 17.3 Å². The van der Waals surface area contributed by atoms with Gasteiger partial charge in [-0.25, -0.2) is 4.79 Å². The molecule has 1 amide bonds. The van der Waals surface area contributed by atoms with Crippen molar-refractivity contribution in [3.63, 3.8) is 0 Å². The molecule has 2 N–H and O–H groups in total. The number of fused-ring (bicyclic) bond motifs is 4. The second-order valence-electron chi connectivity index (χ2n) is 7.94. The van der Waals surface area contributed by atoms with E-state index < -0.39 is 5.97 Å². The number of hydrogen-bond donors (Lipinski definition) is 2. The van der Waals surface area contributed by atoms with Crippen LogP contribution in [-0.2, 0) is 0 Å². The van der Waals surface area contributed by atoms with Gasteiger partial charge in [-0.3, -0.25) is 4.79 Å². The number of piperidine rings is 3. The molecule has 6 nitrogen and oxygen atoms in total. The number of nitrogens with zero attached hydrogens (tertiary/aromatic N) is 1. The Kier molecular flexibility index (Phi) is 4.36. The van der Waals surface area contributed by atoms with Crippen molar-refractivity contribution in [3.05, 3.63) is 59.9 Å². The molecule has 0 saturated carbocycles. The van der Waals surface area contributed by atoms with Gasteiger partial charge in [0.15, 0.2) is 5.76 Å². The lowest BCUT2D eigenvalue weighted by Gasteiger charge is -2.44. The zero-order valence-electron chi connectivity index (χ0n) is 15.9. The molecule has 4 heterocycles. The fraction of sp³-hybridized carbons (Fsp3) is 0.304. The fourth-order valence-electron chi connectivity index (χ4n) is 4.59. The number of amides is 1. The number of carbonyl (C=O) groups is 2. The summed E-state index contributed by atoms with van der Waals surface area (Å²) in [6.07, 6.45) is 2.27. The van der Waals surface area contributed by atoms with Crippen LogP contribution in [0, 0.1) is 5.92 Å². The van der Waals surface area contributed by atoms with Gasteiger partial charge in [0.2, 0.25) is 0 Å². The Morgan fingerprint density at radius 3 is 2.59 bits per heavy atom. The van der Waals surface area contributed by atoms with E-state index in [9.17, 15) is 14.7 Å². The van der Waals surface area contributed by atoms with Crippen molar-refractivity contribution < 1.29 is 19.1 Å². The topological polar surface area (TPSA) is 82.8 Å². The van der Waals surface area contributed by atoms with Gasteiger partial charge in [0.05, 0.1) is 5.56 Å². The van der Waals surface area contributed by atoms with Crippen molar-refractivity contribution in [1.29, 1.82) is 0 Å². The summed E-state index contributed by atoms with van der Waals surface area (Å²) in [5.41, 5.74) is 2.32. The molecule has 29 heavy (non-hydrogen) atoms. The van der Waals surface area contributed by atoms with Crippen LogP contribution in [0.5, 0.6) is 0 Å². The van der Waals surface area contributed by atoms with Crippen molar-refractivity contribution in [3.8, 4) is 11.1 Å². The molecule has 3 aliphatic heterocycles. The Labute approximate surface area is 168 Å². The Bertz CT molecular complexity index is 1100. The van der Waals surface area contributed by atoms with Crippen LogP contribution in [0.4, 0.5) is 0 Å². The second-order valence-corrected chi connectivity index (χ2v) is 7.94. The van der Waals surface area contributed by atoms with Gasteiger partial charge in [-0.1, -0.05) is 30.3 Å². The third-order valence-corrected chi connectivity index (χ3v) is 6.16. The van der Waals surface area contributed by atoms with E-state index in [1.807, 2.05) is 24.3 Å². The first-order valence-electron chi connectivity index (χ1n) is 9.98. The molecule has 0 radical (unpaired) electrons. The van der Waals surface area contributed by atoms with Crippen LogP contribution in [0.2, 0.25) is 0 Å². The molecule has 3 aliphatic rings. The predicted molar refractivity (Wildman–Crippen MR) is 109 cm³/mol. The lowest BCUT2D eigenvalue weighted by Crippen LogP contribution is -2.57. The quantitative estimate of drug-likeness (QED) is 0.711. The van der Waals surface area contributed by atoms with Crippen molar-refractivity contribution in [1.82, 2.24) is 10.2 Å². The van der Waals surface area contributed by atoms with Crippen molar-refractivity contribution in [2.75, 3.05) is 19.6 Å². The number of hydrogen-bond acceptors (Lipinski definition) is 4. The van der Waals surface area contributed by atoms with Gasteiger partial charge in [0.25, 0.3) is 5.91 Å². The van der Waals surface area contributed by atoms with E-state index in [2.05, 4.69) is 10.2 Å². The standard InChI is InChI=1S/C23H22N2O4/c26-22(24-19-13-25-9-7-14(19)8-10-25)20-12-16-4-2-6-18(21(16)29-20)15-3-1-5-17(11-15)23(27)28/h1-6,11-12,14,19H,7-10,13H2,(H,24,26)(H,27,28)/t19-/m0/s1. The summed E-state index contributed by atoms with van der Waals surface area (Å²) >= 11 is 0. The average Bonchev–Trinajstić information content (AvgIpc) is 3.19. The Morgan fingerprint density at radius 2 is 1.86 bits per heavy atom. The molecule has 0 unspecified atom stereocenters. The highest BCUT2D eigenvalue weighted by Gasteiger charge is 2.35. The molecule has 3 saturated heterocycles. The highest BCUT2D eigenvalue weighted by Crippen LogP contribution is 2.32. The number of benzene rings is 2. The Hall–Kier alpha value is -3.12. The van der Waals surface area contributed by atoms with Crippen molar-refractivity contribution >= 4 is 22.8 Å². The van der Waals surface area contributed by atoms with Crippen molar-refractivity contribution in [2.24, 2.45) is 5.92 Å². The summed E-state index contributed by atoms with van der Waals surface area (Å²) in [6, 6.07) is 14.3. The normalized spacial score (nSPS) is 23.2. The predicted octanol–water partition coefficient (Wildman–Crippen LogP) is 3.62. The molecule has 2 bridgehead atoms. The molecule has 6 heteroatoms. The van der Waals surface area contributed by atoms with E-state index in [4.69, 9.17) is 4.42 Å². The number of nitrogens with one attached hydrogen (secondary N) is 1. The van der Waals surface area contributed by atoms with E-state index in [-0.39, 0.29) is 17.5 Å². The van der Waals surface area contributed by atoms with Gasteiger partial charge < -0.3 is 19.7 Å². The zero-order chi connectivity index (χ0) is 20.0. The summed E-state index contributed by atoms with van der Waals surface area (Å²) in [7, 11) is 0. The molecular formula is C23H22N2O4. The minimum Gasteiger partial charge on any atom is -0.478 e. The first kappa shape index (κ1) is 17.9. The number of carboxylic acid groups (broad SMARTS) is 1. The van der Waals surface area contributed by atoms with Crippen LogP contribution < -0.4 is 5.32 Å². The van der Waals surface area contributed by atoms with Crippen LogP contribution in [0.25, 0.3) is 22.1 Å². The average molecular weight is 390 g/mol. The first-order valence-corrected chi connectivity index (χ1v) is 9.98. The lowest BCUT2D eigenvalue weighted by atomic mass is 9.84. The van der Waals surface area contributed by atoms with E-state index in [1.54, 1.807) is 24.3 Å². The lowest BCUT2D eigenvalue weighted by molar-refractivity contribution is 0.0606. The highest BCUT2D eigenvalue weighted by atomic mass is 16.4. The molecule has 148 valence electrons. The number of carbonyl (C=O) groups excluding carboxylic acids is 1. The molecule has 1 atom stereocenters. The first-order chi connectivity index (χ1) is 14.1. The summed E-state index contributed by atoms with van der Waals surface area (Å²) in [5, 5.41) is 13.2. The maximum atomic E-state index is 12.8. The van der Waals surface area contributed by atoms with E-state index in [0.717, 1.165) is 49.0 Å². The van der Waals surface area contributed by atoms with Gasteiger partial charge in [-0.05, 0) is 55.6 Å². The summed E-state index contributed by atoms with van der Waals surface area (Å²) < 4.78 is 5.96. The largest absolute Gasteiger partial charge is 0.478 e. The van der Waals surface area contributed by atoms with Crippen LogP contribution in [-0.4, -0.2) is 47.6 Å². The number of furan rings is 1. The highest BCUT2D eigenvalue weighted by molar-refractivity contribution is 6.00. The van der Waals surface area contributed by atoms with Gasteiger partial charge in [0, 0.05) is 23.5 Å². The molecule has 2 aromatic carbocycles. The smallest absolute Gasteiger partial charge is 0.335 e. The van der Waals surface area contributed by atoms with Gasteiger partial charge >= 0.3 is 5.97 Å². The summed E-state index contributed by atoms with van der Waals surface area (Å²) in [4.78, 5) is 26.6. The monoisotopic (exact) mass is 390 g/mol. The minimum absolute atomic E-state index is 0.171.